The van der Waals surface area contributed by atoms with Crippen molar-refractivity contribution in [3.8, 4) is 0 Å². The first kappa shape index (κ1) is 15.5. The van der Waals surface area contributed by atoms with Crippen LogP contribution in [0.25, 0.3) is 0 Å². The Morgan fingerprint density at radius 3 is 2.19 bits per heavy atom. The van der Waals surface area contributed by atoms with Crippen LogP contribution in [-0.4, -0.2) is 19.2 Å². The number of carbonyl (C=O) groups excluding carboxylic acids is 1. The highest BCUT2D eigenvalue weighted by Gasteiger charge is 2.10. The topological polar surface area (TPSA) is 46.2 Å². The first-order valence-electron chi connectivity index (χ1n) is 6.94. The molecule has 1 N–H and O–H groups in total. The maximum Gasteiger partial charge on any atom is 0.224 e. The van der Waals surface area contributed by atoms with Gasteiger partial charge in [-0.1, -0.05) is 30.3 Å². The van der Waals surface area contributed by atoms with Crippen LogP contribution in [0, 0.1) is 0 Å². The normalized spacial score (nSPS) is 11.1. The van der Waals surface area contributed by atoms with Gasteiger partial charge in [0, 0.05) is 17.4 Å². The summed E-state index contributed by atoms with van der Waals surface area (Å²) >= 11 is 0. The summed E-state index contributed by atoms with van der Waals surface area (Å²) in [5.41, 5.74) is 1.89. The molecule has 0 radical (unpaired) electrons. The predicted octanol–water partition coefficient (Wildman–Crippen LogP) is 3.51. The fourth-order valence-electron chi connectivity index (χ4n) is 2.03. The molecule has 0 saturated carbocycles. The van der Waals surface area contributed by atoms with Crippen LogP contribution in [-0.2, 0) is 15.8 Å². The van der Waals surface area contributed by atoms with Crippen molar-refractivity contribution in [2.45, 2.75) is 12.8 Å². The second-order valence-electron chi connectivity index (χ2n) is 5.43. The standard InChI is InChI=1S/C17H20NO2P/c1-21(2,20)16-11-9-15(10-12-16)18-17(19)13-8-14-6-4-3-5-7-14/h3-7,9-12H,8,13H2,1-2H3,(H,18,19). The minimum Gasteiger partial charge on any atom is -0.326 e. The molecular formula is C17H20NO2P. The van der Waals surface area contributed by atoms with Crippen molar-refractivity contribution < 1.29 is 9.36 Å². The summed E-state index contributed by atoms with van der Waals surface area (Å²) in [6, 6.07) is 17.2. The third-order valence-electron chi connectivity index (χ3n) is 3.26. The molecule has 0 aromatic heterocycles. The molecule has 0 aliphatic rings. The molecule has 0 saturated heterocycles. The molecule has 0 aliphatic heterocycles. The van der Waals surface area contributed by atoms with Crippen LogP contribution in [0.5, 0.6) is 0 Å². The summed E-state index contributed by atoms with van der Waals surface area (Å²) in [5.74, 6) is -0.0113. The average Bonchev–Trinajstić information content (AvgIpc) is 2.46. The summed E-state index contributed by atoms with van der Waals surface area (Å²) in [4.78, 5) is 11.9. The van der Waals surface area contributed by atoms with Crippen LogP contribution in [0.15, 0.2) is 54.6 Å². The minimum atomic E-state index is -2.24. The van der Waals surface area contributed by atoms with Crippen molar-refractivity contribution in [1.82, 2.24) is 0 Å². The van der Waals surface area contributed by atoms with Crippen LogP contribution in [0.3, 0.4) is 0 Å². The highest BCUT2D eigenvalue weighted by Crippen LogP contribution is 2.34. The van der Waals surface area contributed by atoms with Gasteiger partial charge < -0.3 is 9.88 Å². The summed E-state index contributed by atoms with van der Waals surface area (Å²) in [5, 5.41) is 3.69. The highest BCUT2D eigenvalue weighted by atomic mass is 31.2. The van der Waals surface area contributed by atoms with E-state index in [2.05, 4.69) is 5.32 Å². The number of hydrogen-bond donors (Lipinski definition) is 1. The number of rotatable bonds is 5. The van der Waals surface area contributed by atoms with E-state index in [-0.39, 0.29) is 5.91 Å². The lowest BCUT2D eigenvalue weighted by Gasteiger charge is -2.09. The zero-order valence-electron chi connectivity index (χ0n) is 12.4. The summed E-state index contributed by atoms with van der Waals surface area (Å²) in [7, 11) is -2.24. The van der Waals surface area contributed by atoms with Crippen LogP contribution in [0.4, 0.5) is 5.69 Å². The number of benzene rings is 2. The molecular weight excluding hydrogens is 281 g/mol. The Balaban J connectivity index is 1.89. The van der Waals surface area contributed by atoms with Crippen molar-refractivity contribution in [2.75, 3.05) is 18.6 Å². The Morgan fingerprint density at radius 2 is 1.62 bits per heavy atom. The van der Waals surface area contributed by atoms with Crippen molar-refractivity contribution in [2.24, 2.45) is 0 Å². The summed E-state index contributed by atoms with van der Waals surface area (Å²) in [6.07, 6.45) is 1.18. The molecule has 0 heterocycles. The summed E-state index contributed by atoms with van der Waals surface area (Å²) < 4.78 is 11.9. The Kier molecular flexibility index (Phi) is 4.98. The number of amides is 1. The number of hydrogen-bond acceptors (Lipinski definition) is 2. The van der Waals surface area contributed by atoms with Gasteiger partial charge in [-0.3, -0.25) is 4.79 Å². The number of anilines is 1. The van der Waals surface area contributed by atoms with Gasteiger partial charge in [-0.25, -0.2) is 0 Å². The Bertz CT molecular complexity index is 644. The number of nitrogens with one attached hydrogen (secondary N) is 1. The molecule has 4 heteroatoms. The highest BCUT2D eigenvalue weighted by molar-refractivity contribution is 7.70. The second-order valence-corrected chi connectivity index (χ2v) is 8.65. The van der Waals surface area contributed by atoms with E-state index in [1.54, 1.807) is 25.5 Å². The molecule has 2 rings (SSSR count). The quantitative estimate of drug-likeness (QED) is 0.859. The maximum absolute atomic E-state index is 11.9. The molecule has 3 nitrogen and oxygen atoms in total. The van der Waals surface area contributed by atoms with E-state index in [1.165, 1.54) is 0 Å². The molecule has 21 heavy (non-hydrogen) atoms. The van der Waals surface area contributed by atoms with Crippen molar-refractivity contribution >= 4 is 24.0 Å². The van der Waals surface area contributed by atoms with Crippen LogP contribution in [0.1, 0.15) is 12.0 Å². The Morgan fingerprint density at radius 1 is 1.00 bits per heavy atom. The second kappa shape index (κ2) is 6.73. The SMILES string of the molecule is CP(C)(=O)c1ccc(NC(=O)CCc2ccccc2)cc1. The largest absolute Gasteiger partial charge is 0.326 e. The van der Waals surface area contributed by atoms with Gasteiger partial charge in [0.1, 0.15) is 7.14 Å². The van der Waals surface area contributed by atoms with E-state index in [4.69, 9.17) is 0 Å². The Hall–Kier alpha value is -1.86. The molecule has 0 fully saturated rings. The average molecular weight is 301 g/mol. The van der Waals surface area contributed by atoms with Crippen molar-refractivity contribution in [3.63, 3.8) is 0 Å². The monoisotopic (exact) mass is 301 g/mol. The molecule has 1 amide bonds. The third kappa shape index (κ3) is 4.87. The van der Waals surface area contributed by atoms with E-state index in [1.807, 2.05) is 42.5 Å². The molecule has 0 aliphatic carbocycles. The van der Waals surface area contributed by atoms with Gasteiger partial charge in [0.15, 0.2) is 0 Å². The lowest BCUT2D eigenvalue weighted by Crippen LogP contribution is -2.13. The van der Waals surface area contributed by atoms with E-state index in [0.717, 1.165) is 23.0 Å². The minimum absolute atomic E-state index is 0.0113. The Labute approximate surface area is 125 Å². The zero-order chi connectivity index (χ0) is 15.3. The van der Waals surface area contributed by atoms with E-state index < -0.39 is 7.14 Å². The molecule has 2 aromatic rings. The first-order valence-corrected chi connectivity index (χ1v) is 9.55. The zero-order valence-corrected chi connectivity index (χ0v) is 13.3. The first-order chi connectivity index (χ1) is 9.95. The molecule has 110 valence electrons. The smallest absolute Gasteiger partial charge is 0.224 e. The van der Waals surface area contributed by atoms with E-state index in [9.17, 15) is 9.36 Å². The van der Waals surface area contributed by atoms with Gasteiger partial charge >= 0.3 is 0 Å². The van der Waals surface area contributed by atoms with Crippen LogP contribution >= 0.6 is 7.14 Å². The van der Waals surface area contributed by atoms with Gasteiger partial charge in [-0.05, 0) is 49.6 Å². The molecule has 0 atom stereocenters. The van der Waals surface area contributed by atoms with Gasteiger partial charge in [0.05, 0.1) is 0 Å². The van der Waals surface area contributed by atoms with Gasteiger partial charge in [0.25, 0.3) is 0 Å². The lowest BCUT2D eigenvalue weighted by atomic mass is 10.1. The van der Waals surface area contributed by atoms with Gasteiger partial charge in [0.2, 0.25) is 5.91 Å². The fraction of sp³-hybridized carbons (Fsp3) is 0.235. The van der Waals surface area contributed by atoms with Crippen molar-refractivity contribution in [1.29, 1.82) is 0 Å². The maximum atomic E-state index is 11.9. The van der Waals surface area contributed by atoms with Crippen LogP contribution < -0.4 is 10.6 Å². The van der Waals surface area contributed by atoms with E-state index in [0.29, 0.717) is 6.42 Å². The molecule has 0 spiro atoms. The van der Waals surface area contributed by atoms with E-state index >= 15 is 0 Å². The third-order valence-corrected chi connectivity index (χ3v) is 4.80. The lowest BCUT2D eigenvalue weighted by molar-refractivity contribution is -0.116. The number of aryl methyl sites for hydroxylation is 1. The van der Waals surface area contributed by atoms with Gasteiger partial charge in [-0.15, -0.1) is 0 Å². The molecule has 0 bridgehead atoms. The van der Waals surface area contributed by atoms with Crippen LogP contribution in [0.2, 0.25) is 0 Å². The van der Waals surface area contributed by atoms with Crippen molar-refractivity contribution in [3.05, 3.63) is 60.2 Å². The molecule has 0 unspecified atom stereocenters. The number of carbonyl (C=O) groups is 1. The van der Waals surface area contributed by atoms with Gasteiger partial charge in [-0.2, -0.15) is 0 Å². The predicted molar refractivity (Wildman–Crippen MR) is 88.9 cm³/mol. The molecule has 2 aromatic carbocycles. The fourth-order valence-corrected chi connectivity index (χ4v) is 2.90. The summed E-state index contributed by atoms with van der Waals surface area (Å²) in [6.45, 7) is 3.47.